The van der Waals surface area contributed by atoms with E-state index in [-0.39, 0.29) is 6.04 Å². The van der Waals surface area contributed by atoms with Crippen molar-refractivity contribution in [3.05, 3.63) is 0 Å². The van der Waals surface area contributed by atoms with Crippen molar-refractivity contribution in [2.75, 3.05) is 14.1 Å². The molecule has 0 aromatic rings. The second kappa shape index (κ2) is 4.93. The monoisotopic (exact) mass is 208 g/mol. The maximum Gasteiger partial charge on any atom is 0.279 e. The van der Waals surface area contributed by atoms with Gasteiger partial charge in [0.1, 0.15) is 0 Å². The van der Waals surface area contributed by atoms with E-state index in [9.17, 15) is 8.42 Å². The first-order valence-corrected chi connectivity index (χ1v) is 5.89. The summed E-state index contributed by atoms with van der Waals surface area (Å²) in [6.45, 7) is 6.02. The average Bonchev–Trinajstić information content (AvgIpc) is 1.82. The van der Waals surface area contributed by atoms with Crippen LogP contribution < -0.4 is 4.72 Å². The first kappa shape index (κ1) is 12.9. The molecule has 1 atom stereocenters. The standard InChI is InChI=1S/C8H20N2O2S/c1-7(2)6-8(3)9-13(11,12)10(4)5/h7-9H,6H2,1-5H3/t8-/m1/s1. The minimum atomic E-state index is -3.26. The lowest BCUT2D eigenvalue weighted by atomic mass is 10.1. The average molecular weight is 208 g/mol. The fourth-order valence-corrected chi connectivity index (χ4v) is 1.93. The van der Waals surface area contributed by atoms with E-state index in [2.05, 4.69) is 18.6 Å². The molecule has 80 valence electrons. The number of nitrogens with one attached hydrogen (secondary N) is 1. The quantitative estimate of drug-likeness (QED) is 0.727. The van der Waals surface area contributed by atoms with Crippen LogP contribution in [0.5, 0.6) is 0 Å². The van der Waals surface area contributed by atoms with Gasteiger partial charge in [0, 0.05) is 20.1 Å². The lowest BCUT2D eigenvalue weighted by Crippen LogP contribution is -2.41. The van der Waals surface area contributed by atoms with Gasteiger partial charge < -0.3 is 0 Å². The smallest absolute Gasteiger partial charge is 0.199 e. The molecule has 13 heavy (non-hydrogen) atoms. The SMILES string of the molecule is CC(C)C[C@@H](C)NS(=O)(=O)N(C)C. The van der Waals surface area contributed by atoms with Crippen LogP contribution in [-0.4, -0.2) is 32.9 Å². The molecule has 0 heterocycles. The summed E-state index contributed by atoms with van der Waals surface area (Å²) < 4.78 is 26.4. The van der Waals surface area contributed by atoms with Crippen molar-refractivity contribution in [2.45, 2.75) is 33.2 Å². The molecule has 0 fully saturated rings. The van der Waals surface area contributed by atoms with E-state index in [4.69, 9.17) is 0 Å². The van der Waals surface area contributed by atoms with Crippen LogP contribution in [0.1, 0.15) is 27.2 Å². The van der Waals surface area contributed by atoms with E-state index in [1.807, 2.05) is 6.92 Å². The molecule has 4 nitrogen and oxygen atoms in total. The van der Waals surface area contributed by atoms with Gasteiger partial charge in [0.25, 0.3) is 10.2 Å². The fourth-order valence-electron chi connectivity index (χ4n) is 1.11. The number of hydrogen-bond donors (Lipinski definition) is 1. The highest BCUT2D eigenvalue weighted by Crippen LogP contribution is 2.05. The minimum Gasteiger partial charge on any atom is -0.199 e. The lowest BCUT2D eigenvalue weighted by molar-refractivity contribution is 0.455. The molecule has 0 saturated carbocycles. The van der Waals surface area contributed by atoms with Crippen molar-refractivity contribution >= 4 is 10.2 Å². The number of nitrogens with zero attached hydrogens (tertiary/aromatic N) is 1. The van der Waals surface area contributed by atoms with Gasteiger partial charge in [-0.05, 0) is 19.3 Å². The molecule has 0 saturated heterocycles. The highest BCUT2D eigenvalue weighted by Gasteiger charge is 2.16. The first-order chi connectivity index (χ1) is 5.75. The van der Waals surface area contributed by atoms with Crippen molar-refractivity contribution in [1.29, 1.82) is 0 Å². The van der Waals surface area contributed by atoms with E-state index in [1.54, 1.807) is 0 Å². The third kappa shape index (κ3) is 5.23. The molecule has 0 rings (SSSR count). The zero-order valence-corrected chi connectivity index (χ0v) is 9.85. The summed E-state index contributed by atoms with van der Waals surface area (Å²) in [5, 5.41) is 0. The van der Waals surface area contributed by atoms with E-state index in [0.29, 0.717) is 5.92 Å². The van der Waals surface area contributed by atoms with Gasteiger partial charge in [-0.15, -0.1) is 0 Å². The van der Waals surface area contributed by atoms with E-state index < -0.39 is 10.2 Å². The first-order valence-electron chi connectivity index (χ1n) is 4.45. The Morgan fingerprint density at radius 3 is 2.00 bits per heavy atom. The fraction of sp³-hybridized carbons (Fsp3) is 1.00. The Bertz CT molecular complexity index is 235. The third-order valence-corrected chi connectivity index (χ3v) is 3.32. The molecule has 5 heteroatoms. The highest BCUT2D eigenvalue weighted by molar-refractivity contribution is 7.87. The normalized spacial score (nSPS) is 15.3. The zero-order valence-electron chi connectivity index (χ0n) is 9.03. The molecule has 1 N–H and O–H groups in total. The van der Waals surface area contributed by atoms with Gasteiger partial charge in [-0.25, -0.2) is 0 Å². The van der Waals surface area contributed by atoms with Crippen LogP contribution in [0, 0.1) is 5.92 Å². The Balaban J connectivity index is 4.13. The van der Waals surface area contributed by atoms with Gasteiger partial charge in [-0.2, -0.15) is 17.4 Å². The summed E-state index contributed by atoms with van der Waals surface area (Å²) in [5.74, 6) is 0.500. The predicted molar refractivity (Wildman–Crippen MR) is 54.7 cm³/mol. The van der Waals surface area contributed by atoms with E-state index >= 15 is 0 Å². The van der Waals surface area contributed by atoms with Crippen molar-refractivity contribution in [3.63, 3.8) is 0 Å². The van der Waals surface area contributed by atoms with Crippen LogP contribution in [0.15, 0.2) is 0 Å². The van der Waals surface area contributed by atoms with Crippen molar-refractivity contribution < 1.29 is 8.42 Å². The van der Waals surface area contributed by atoms with Gasteiger partial charge in [0.2, 0.25) is 0 Å². The Hall–Kier alpha value is -0.130. The Labute approximate surface area is 81.5 Å². The Morgan fingerprint density at radius 2 is 1.69 bits per heavy atom. The summed E-state index contributed by atoms with van der Waals surface area (Å²) in [7, 11) is -0.223. The van der Waals surface area contributed by atoms with Crippen molar-refractivity contribution in [2.24, 2.45) is 5.92 Å². The molecule has 0 aromatic heterocycles. The second-order valence-corrected chi connectivity index (χ2v) is 5.85. The summed E-state index contributed by atoms with van der Waals surface area (Å²) in [4.78, 5) is 0. The molecule has 0 aliphatic heterocycles. The van der Waals surface area contributed by atoms with Crippen LogP contribution in [0.4, 0.5) is 0 Å². The van der Waals surface area contributed by atoms with Crippen LogP contribution in [-0.2, 0) is 10.2 Å². The summed E-state index contributed by atoms with van der Waals surface area (Å²) in [6.07, 6.45) is 0.854. The lowest BCUT2D eigenvalue weighted by Gasteiger charge is -2.18. The van der Waals surface area contributed by atoms with Gasteiger partial charge in [0.05, 0.1) is 0 Å². The Kier molecular flexibility index (Phi) is 4.88. The molecule has 0 spiro atoms. The van der Waals surface area contributed by atoms with Crippen molar-refractivity contribution in [1.82, 2.24) is 9.03 Å². The molecule has 0 radical (unpaired) electrons. The van der Waals surface area contributed by atoms with Gasteiger partial charge in [-0.3, -0.25) is 0 Å². The van der Waals surface area contributed by atoms with Gasteiger partial charge in [0.15, 0.2) is 0 Å². The van der Waals surface area contributed by atoms with E-state index in [0.717, 1.165) is 6.42 Å². The molecular formula is C8H20N2O2S. The van der Waals surface area contributed by atoms with E-state index in [1.165, 1.54) is 18.4 Å². The largest absolute Gasteiger partial charge is 0.279 e. The molecule has 0 aliphatic rings. The number of rotatable bonds is 5. The Morgan fingerprint density at radius 1 is 1.23 bits per heavy atom. The third-order valence-electron chi connectivity index (χ3n) is 1.66. The molecule has 0 aromatic carbocycles. The minimum absolute atomic E-state index is 0.00704. The molecular weight excluding hydrogens is 188 g/mol. The number of hydrogen-bond acceptors (Lipinski definition) is 2. The molecule has 0 bridgehead atoms. The summed E-state index contributed by atoms with van der Waals surface area (Å²) in [6, 6.07) is -0.00704. The molecule has 0 unspecified atom stereocenters. The highest BCUT2D eigenvalue weighted by atomic mass is 32.2. The van der Waals surface area contributed by atoms with Crippen LogP contribution >= 0.6 is 0 Å². The summed E-state index contributed by atoms with van der Waals surface area (Å²) >= 11 is 0. The second-order valence-electron chi connectivity index (χ2n) is 3.94. The van der Waals surface area contributed by atoms with Gasteiger partial charge >= 0.3 is 0 Å². The molecule has 0 amide bonds. The van der Waals surface area contributed by atoms with Crippen LogP contribution in [0.3, 0.4) is 0 Å². The topological polar surface area (TPSA) is 49.4 Å². The van der Waals surface area contributed by atoms with Crippen molar-refractivity contribution in [3.8, 4) is 0 Å². The van der Waals surface area contributed by atoms with Crippen LogP contribution in [0.2, 0.25) is 0 Å². The predicted octanol–water partition coefficient (Wildman–Crippen LogP) is 0.817. The maximum absolute atomic E-state index is 11.3. The van der Waals surface area contributed by atoms with Crippen LogP contribution in [0.25, 0.3) is 0 Å². The summed E-state index contributed by atoms with van der Waals surface area (Å²) in [5.41, 5.74) is 0. The maximum atomic E-state index is 11.3. The molecule has 0 aliphatic carbocycles. The zero-order chi connectivity index (χ0) is 10.6. The van der Waals surface area contributed by atoms with Gasteiger partial charge in [-0.1, -0.05) is 13.8 Å².